The zero-order valence-corrected chi connectivity index (χ0v) is 21.6. The Kier molecular flexibility index (Phi) is 8.11. The number of methoxy groups -OCH3 is 3. The number of Topliss-reactive ketones (excluding diaryl/α,β-unsaturated/α-hetero) is 1. The zero-order chi connectivity index (χ0) is 25.8. The molecule has 0 radical (unpaired) electrons. The molecule has 2 aliphatic rings. The number of benzene rings is 2. The van der Waals surface area contributed by atoms with Crippen LogP contribution in [0.4, 0.5) is 0 Å². The Labute approximate surface area is 216 Å². The van der Waals surface area contributed by atoms with E-state index in [1.165, 1.54) is 0 Å². The second kappa shape index (κ2) is 11.3. The largest absolute Gasteiger partial charge is 0.493 e. The number of aliphatic imine (C=N–C) groups is 1. The number of ether oxygens (including phenoxy) is 4. The third-order valence-corrected chi connectivity index (χ3v) is 7.00. The van der Waals surface area contributed by atoms with Gasteiger partial charge in [-0.3, -0.25) is 14.6 Å². The number of nitrogens with zero attached hydrogens (tertiary/aromatic N) is 1. The van der Waals surface area contributed by atoms with Crippen molar-refractivity contribution in [2.75, 3.05) is 34.5 Å². The summed E-state index contributed by atoms with van der Waals surface area (Å²) in [7, 11) is 4.72. The van der Waals surface area contributed by atoms with Crippen LogP contribution in [0.5, 0.6) is 11.5 Å². The van der Waals surface area contributed by atoms with Crippen LogP contribution in [-0.4, -0.2) is 52.0 Å². The monoisotopic (exact) mass is 511 g/mol. The van der Waals surface area contributed by atoms with E-state index in [0.717, 1.165) is 11.1 Å². The Hall–Kier alpha value is -3.16. The lowest BCUT2D eigenvalue weighted by atomic mass is 9.69. The molecule has 7 nitrogen and oxygen atoms in total. The van der Waals surface area contributed by atoms with E-state index in [1.807, 2.05) is 37.3 Å². The summed E-state index contributed by atoms with van der Waals surface area (Å²) in [5.74, 6) is -0.540. The van der Waals surface area contributed by atoms with Crippen LogP contribution in [0.2, 0.25) is 5.02 Å². The maximum absolute atomic E-state index is 13.7. The maximum Gasteiger partial charge on any atom is 0.315 e. The number of hydrogen-bond donors (Lipinski definition) is 0. The summed E-state index contributed by atoms with van der Waals surface area (Å²) < 4.78 is 21.3. The topological polar surface area (TPSA) is 83.4 Å². The highest BCUT2D eigenvalue weighted by Gasteiger charge is 2.44. The van der Waals surface area contributed by atoms with Crippen LogP contribution >= 0.6 is 11.6 Å². The molecule has 0 fully saturated rings. The minimum atomic E-state index is -0.722. The summed E-state index contributed by atoms with van der Waals surface area (Å²) in [4.78, 5) is 31.7. The molecule has 36 heavy (non-hydrogen) atoms. The molecule has 190 valence electrons. The highest BCUT2D eigenvalue weighted by atomic mass is 35.5. The third kappa shape index (κ3) is 5.18. The van der Waals surface area contributed by atoms with Crippen molar-refractivity contribution in [1.82, 2.24) is 0 Å². The molecule has 0 amide bonds. The number of hydrogen-bond acceptors (Lipinski definition) is 7. The summed E-state index contributed by atoms with van der Waals surface area (Å²) in [5, 5.41) is 0.535. The van der Waals surface area contributed by atoms with Crippen molar-refractivity contribution >= 4 is 29.1 Å². The molecule has 2 aromatic carbocycles. The lowest BCUT2D eigenvalue weighted by molar-refractivity contribution is -0.147. The summed E-state index contributed by atoms with van der Waals surface area (Å²) in [5.41, 5.74) is 3.64. The molecule has 1 unspecified atom stereocenters. The minimum absolute atomic E-state index is 0.0352. The fraction of sp³-hybridized carbons (Fsp3) is 0.393. The number of halogens is 1. The van der Waals surface area contributed by atoms with Crippen LogP contribution in [0, 0.1) is 5.92 Å². The molecule has 1 aliphatic heterocycles. The van der Waals surface area contributed by atoms with Crippen LogP contribution in [0.1, 0.15) is 42.7 Å². The van der Waals surface area contributed by atoms with Gasteiger partial charge in [-0.15, -0.1) is 0 Å². The number of ketones is 1. The van der Waals surface area contributed by atoms with Gasteiger partial charge in [-0.2, -0.15) is 0 Å². The molecule has 8 heteroatoms. The lowest BCUT2D eigenvalue weighted by Crippen LogP contribution is -2.38. The van der Waals surface area contributed by atoms with Crippen molar-refractivity contribution in [3.63, 3.8) is 0 Å². The van der Waals surface area contributed by atoms with Crippen molar-refractivity contribution in [2.45, 2.75) is 31.6 Å². The third-order valence-electron chi connectivity index (χ3n) is 6.76. The number of carbonyl (C=O) groups excluding carboxylic acids is 2. The molecular weight excluding hydrogens is 482 g/mol. The molecule has 0 bridgehead atoms. The second-order valence-electron chi connectivity index (χ2n) is 8.93. The van der Waals surface area contributed by atoms with E-state index in [1.54, 1.807) is 33.5 Å². The highest BCUT2D eigenvalue weighted by molar-refractivity contribution is 6.30. The molecule has 0 saturated carbocycles. The molecule has 1 heterocycles. The van der Waals surface area contributed by atoms with E-state index in [0.29, 0.717) is 46.3 Å². The normalized spacial score (nSPS) is 21.5. The fourth-order valence-electron chi connectivity index (χ4n) is 5.08. The molecular formula is C28H30ClNO6. The molecule has 0 N–H and O–H groups in total. The van der Waals surface area contributed by atoms with Gasteiger partial charge in [-0.05, 0) is 54.7 Å². The first-order chi connectivity index (χ1) is 17.4. The van der Waals surface area contributed by atoms with E-state index in [-0.39, 0.29) is 24.9 Å². The van der Waals surface area contributed by atoms with E-state index in [2.05, 4.69) is 0 Å². The van der Waals surface area contributed by atoms with Crippen LogP contribution in [-0.2, 0) is 19.1 Å². The highest BCUT2D eigenvalue weighted by Crippen LogP contribution is 2.47. The van der Waals surface area contributed by atoms with Gasteiger partial charge in [0.25, 0.3) is 0 Å². The Morgan fingerprint density at radius 2 is 1.78 bits per heavy atom. The number of carbonyl (C=O) groups is 2. The predicted molar refractivity (Wildman–Crippen MR) is 137 cm³/mol. The van der Waals surface area contributed by atoms with Gasteiger partial charge >= 0.3 is 5.97 Å². The van der Waals surface area contributed by atoms with Gasteiger partial charge in [0.2, 0.25) is 0 Å². The van der Waals surface area contributed by atoms with Gasteiger partial charge in [0.15, 0.2) is 17.3 Å². The summed E-state index contributed by atoms with van der Waals surface area (Å²) in [6.07, 6.45) is 0.863. The van der Waals surface area contributed by atoms with Crippen LogP contribution in [0.25, 0.3) is 0 Å². The van der Waals surface area contributed by atoms with Crippen molar-refractivity contribution in [1.29, 1.82) is 0 Å². The van der Waals surface area contributed by atoms with Gasteiger partial charge in [0, 0.05) is 41.5 Å². The Morgan fingerprint density at radius 1 is 1.00 bits per heavy atom. The summed E-state index contributed by atoms with van der Waals surface area (Å²) >= 11 is 6.31. The van der Waals surface area contributed by atoms with Gasteiger partial charge in [0.05, 0.1) is 20.8 Å². The van der Waals surface area contributed by atoms with Gasteiger partial charge < -0.3 is 18.9 Å². The first kappa shape index (κ1) is 25.9. The maximum atomic E-state index is 13.7. The molecule has 0 saturated heterocycles. The van der Waals surface area contributed by atoms with Crippen LogP contribution < -0.4 is 9.47 Å². The molecule has 2 aromatic rings. The van der Waals surface area contributed by atoms with Crippen LogP contribution in [0.3, 0.4) is 0 Å². The summed E-state index contributed by atoms with van der Waals surface area (Å²) in [6, 6.07) is 13.0. The predicted octanol–water partition coefficient (Wildman–Crippen LogP) is 5.12. The SMILES string of the molecule is COCCOC(=O)C1C(C)=NC2=C(C(=O)C[C@H](c3ccc(OC)c(OC)c3)C2)[C@@H]1c1cccc(Cl)c1. The van der Waals surface area contributed by atoms with Crippen molar-refractivity contribution in [3.8, 4) is 11.5 Å². The number of allylic oxidation sites excluding steroid dienone is 2. The average molecular weight is 512 g/mol. The standard InChI is InChI=1S/C28H30ClNO6/c1-16-25(28(32)36-11-10-33-2)26(18-6-5-7-20(29)12-18)27-21(30-16)13-19(14-22(27)31)17-8-9-23(34-3)24(15-17)35-4/h5-9,12,15,19,25-26H,10-11,13-14H2,1-4H3/t19-,25?,26-/m1/s1. The zero-order valence-electron chi connectivity index (χ0n) is 20.9. The van der Waals surface area contributed by atoms with Gasteiger partial charge in [-0.25, -0.2) is 0 Å². The quantitative estimate of drug-likeness (QED) is 0.361. The Bertz CT molecular complexity index is 1220. The number of rotatable bonds is 8. The summed E-state index contributed by atoms with van der Waals surface area (Å²) in [6.45, 7) is 2.23. The van der Waals surface area contributed by atoms with Crippen LogP contribution in [0.15, 0.2) is 58.7 Å². The molecule has 3 atom stereocenters. The van der Waals surface area contributed by atoms with Crippen molar-refractivity contribution < 1.29 is 28.5 Å². The van der Waals surface area contributed by atoms with Crippen molar-refractivity contribution in [3.05, 3.63) is 69.9 Å². The lowest BCUT2D eigenvalue weighted by Gasteiger charge is -2.36. The van der Waals surface area contributed by atoms with Gasteiger partial charge in [-0.1, -0.05) is 29.8 Å². The number of esters is 1. The molecule has 1 aliphatic carbocycles. The fourth-order valence-corrected chi connectivity index (χ4v) is 5.28. The van der Waals surface area contributed by atoms with E-state index in [4.69, 9.17) is 35.5 Å². The van der Waals surface area contributed by atoms with E-state index < -0.39 is 17.8 Å². The Balaban J connectivity index is 1.74. The average Bonchev–Trinajstić information content (AvgIpc) is 2.87. The first-order valence-electron chi connectivity index (χ1n) is 11.8. The second-order valence-corrected chi connectivity index (χ2v) is 9.36. The first-order valence-corrected chi connectivity index (χ1v) is 12.2. The van der Waals surface area contributed by atoms with E-state index in [9.17, 15) is 9.59 Å². The van der Waals surface area contributed by atoms with Gasteiger partial charge in [0.1, 0.15) is 12.5 Å². The van der Waals surface area contributed by atoms with E-state index >= 15 is 0 Å². The Morgan fingerprint density at radius 3 is 2.47 bits per heavy atom. The van der Waals surface area contributed by atoms with Crippen molar-refractivity contribution in [2.24, 2.45) is 10.9 Å². The molecule has 4 rings (SSSR count). The molecule has 0 aromatic heterocycles. The molecule has 0 spiro atoms. The smallest absolute Gasteiger partial charge is 0.315 e. The minimum Gasteiger partial charge on any atom is -0.493 e.